The number of hydrogen-bond acceptors (Lipinski definition) is 2. The first-order valence-corrected chi connectivity index (χ1v) is 13.1. The smallest absolute Gasteiger partial charge is 0.0619 e. The van der Waals surface area contributed by atoms with Crippen molar-refractivity contribution in [3.63, 3.8) is 0 Å². The van der Waals surface area contributed by atoms with Crippen LogP contribution in [0.1, 0.15) is 5.56 Å². The lowest BCUT2D eigenvalue weighted by atomic mass is 9.96. The number of nitrogens with two attached hydrogens (primary N) is 1. The average molecular weight is 479 g/mol. The van der Waals surface area contributed by atoms with E-state index in [2.05, 4.69) is 114 Å². The van der Waals surface area contributed by atoms with Gasteiger partial charge in [0.2, 0.25) is 0 Å². The highest BCUT2D eigenvalue weighted by Gasteiger charge is 2.17. The summed E-state index contributed by atoms with van der Waals surface area (Å²) in [5.41, 5.74) is 10.8. The number of thiophene rings is 1. The van der Waals surface area contributed by atoms with Crippen molar-refractivity contribution in [2.75, 3.05) is 0 Å². The Bertz CT molecular complexity index is 2150. The van der Waals surface area contributed by atoms with Crippen LogP contribution in [0.4, 0.5) is 0 Å². The molecular formula is C33H22N2S. The van der Waals surface area contributed by atoms with Gasteiger partial charge in [-0.3, -0.25) is 0 Å². The zero-order valence-corrected chi connectivity index (χ0v) is 20.3. The van der Waals surface area contributed by atoms with Gasteiger partial charge in [0, 0.05) is 48.6 Å². The summed E-state index contributed by atoms with van der Waals surface area (Å²) >= 11 is 1.88. The van der Waals surface area contributed by atoms with Crippen molar-refractivity contribution >= 4 is 74.9 Å². The van der Waals surface area contributed by atoms with E-state index in [9.17, 15) is 0 Å². The van der Waals surface area contributed by atoms with Crippen LogP contribution in [0, 0.1) is 0 Å². The topological polar surface area (TPSA) is 30.9 Å². The third-order valence-corrected chi connectivity index (χ3v) is 8.69. The quantitative estimate of drug-likeness (QED) is 0.247. The largest absolute Gasteiger partial charge is 0.326 e. The molecule has 2 aromatic heterocycles. The molecule has 0 saturated heterocycles. The fourth-order valence-corrected chi connectivity index (χ4v) is 7.11. The van der Waals surface area contributed by atoms with Gasteiger partial charge in [-0.25, -0.2) is 0 Å². The van der Waals surface area contributed by atoms with E-state index in [1.807, 2.05) is 11.3 Å². The first-order chi connectivity index (χ1) is 17.8. The van der Waals surface area contributed by atoms with E-state index in [0.29, 0.717) is 6.54 Å². The van der Waals surface area contributed by atoms with Crippen molar-refractivity contribution in [1.82, 2.24) is 4.57 Å². The molecule has 3 heteroatoms. The molecular weight excluding hydrogens is 456 g/mol. The van der Waals surface area contributed by atoms with Crippen LogP contribution in [0.3, 0.4) is 0 Å². The lowest BCUT2D eigenvalue weighted by Crippen LogP contribution is -1.99. The molecule has 6 aromatic carbocycles. The van der Waals surface area contributed by atoms with E-state index >= 15 is 0 Å². The van der Waals surface area contributed by atoms with Crippen LogP contribution < -0.4 is 5.73 Å². The van der Waals surface area contributed by atoms with Gasteiger partial charge >= 0.3 is 0 Å². The summed E-state index contributed by atoms with van der Waals surface area (Å²) in [6.07, 6.45) is 0. The van der Waals surface area contributed by atoms with Crippen molar-refractivity contribution in [3.05, 3.63) is 115 Å². The number of rotatable bonds is 2. The van der Waals surface area contributed by atoms with Gasteiger partial charge in [0.05, 0.1) is 11.0 Å². The van der Waals surface area contributed by atoms with Crippen molar-refractivity contribution in [3.8, 4) is 5.69 Å². The summed E-state index contributed by atoms with van der Waals surface area (Å²) in [4.78, 5) is 0. The molecule has 2 N–H and O–H groups in total. The molecule has 8 rings (SSSR count). The molecule has 0 aliphatic rings. The maximum absolute atomic E-state index is 6.03. The molecule has 36 heavy (non-hydrogen) atoms. The van der Waals surface area contributed by atoms with Gasteiger partial charge in [0.25, 0.3) is 0 Å². The highest BCUT2D eigenvalue weighted by atomic mass is 32.1. The Morgan fingerprint density at radius 2 is 1.33 bits per heavy atom. The van der Waals surface area contributed by atoms with E-state index in [-0.39, 0.29) is 0 Å². The van der Waals surface area contributed by atoms with E-state index < -0.39 is 0 Å². The molecule has 8 aromatic rings. The van der Waals surface area contributed by atoms with Crippen LogP contribution in [0.25, 0.3) is 69.2 Å². The summed E-state index contributed by atoms with van der Waals surface area (Å²) in [5, 5.41) is 10.5. The van der Waals surface area contributed by atoms with Gasteiger partial charge in [-0.15, -0.1) is 11.3 Å². The second-order valence-electron chi connectivity index (χ2n) is 9.48. The van der Waals surface area contributed by atoms with Gasteiger partial charge in [0.15, 0.2) is 0 Å². The molecule has 0 atom stereocenters. The highest BCUT2D eigenvalue weighted by molar-refractivity contribution is 7.26. The van der Waals surface area contributed by atoms with Crippen molar-refractivity contribution < 1.29 is 0 Å². The number of fused-ring (bicyclic) bond motifs is 11. The second kappa shape index (κ2) is 7.41. The minimum absolute atomic E-state index is 0.527. The molecule has 0 fully saturated rings. The van der Waals surface area contributed by atoms with E-state index in [0.717, 1.165) is 11.3 Å². The lowest BCUT2D eigenvalue weighted by molar-refractivity contribution is 1.06. The molecule has 2 nitrogen and oxygen atoms in total. The van der Waals surface area contributed by atoms with Gasteiger partial charge in [-0.1, -0.05) is 78.9 Å². The van der Waals surface area contributed by atoms with Crippen LogP contribution in [-0.2, 0) is 6.54 Å². The van der Waals surface area contributed by atoms with Gasteiger partial charge in [-0.05, 0) is 52.1 Å². The summed E-state index contributed by atoms with van der Waals surface area (Å²) in [6.45, 7) is 0.527. The molecule has 170 valence electrons. The maximum atomic E-state index is 6.03. The number of hydrogen-bond donors (Lipinski definition) is 1. The first kappa shape index (κ1) is 20.1. The Labute approximate surface area is 211 Å². The number of nitrogens with zero attached hydrogens (tertiary/aromatic N) is 1. The van der Waals surface area contributed by atoms with Gasteiger partial charge in [0.1, 0.15) is 0 Å². The van der Waals surface area contributed by atoms with Crippen molar-refractivity contribution in [1.29, 1.82) is 0 Å². The van der Waals surface area contributed by atoms with Crippen LogP contribution in [-0.4, -0.2) is 4.57 Å². The summed E-state index contributed by atoms with van der Waals surface area (Å²) < 4.78 is 5.10. The van der Waals surface area contributed by atoms with Crippen LogP contribution in [0.2, 0.25) is 0 Å². The summed E-state index contributed by atoms with van der Waals surface area (Å²) in [7, 11) is 0. The number of aromatic nitrogens is 1. The lowest BCUT2D eigenvalue weighted by Gasteiger charge is -2.13. The number of para-hydroxylation sites is 1. The third kappa shape index (κ3) is 2.64. The van der Waals surface area contributed by atoms with E-state index in [4.69, 9.17) is 5.73 Å². The minimum atomic E-state index is 0.527. The Morgan fingerprint density at radius 3 is 2.25 bits per heavy atom. The Morgan fingerprint density at radius 1 is 0.583 bits per heavy atom. The fourth-order valence-electron chi connectivity index (χ4n) is 6.00. The zero-order chi connectivity index (χ0) is 23.8. The average Bonchev–Trinajstić information content (AvgIpc) is 3.49. The molecule has 0 radical (unpaired) electrons. The number of benzene rings is 6. The predicted molar refractivity (Wildman–Crippen MR) is 157 cm³/mol. The third-order valence-electron chi connectivity index (χ3n) is 7.55. The molecule has 0 aliphatic heterocycles. The van der Waals surface area contributed by atoms with Crippen LogP contribution in [0.5, 0.6) is 0 Å². The standard InChI is InChI=1S/C33H22N2S/c34-19-20-6-5-7-22(18-20)35-28-10-3-1-8-23(28)25-16-15-24-26(33(25)35)14-12-21-13-17-30-32(31(21)24)27-9-2-4-11-29(27)36-30/h1-18H,19,34H2. The zero-order valence-electron chi connectivity index (χ0n) is 19.5. The Kier molecular flexibility index (Phi) is 4.13. The normalized spacial score (nSPS) is 12.1. The molecule has 0 aliphatic carbocycles. The minimum Gasteiger partial charge on any atom is -0.326 e. The molecule has 0 amide bonds. The second-order valence-corrected chi connectivity index (χ2v) is 10.6. The van der Waals surface area contributed by atoms with Crippen LogP contribution in [0.15, 0.2) is 109 Å². The first-order valence-electron chi connectivity index (χ1n) is 12.3. The van der Waals surface area contributed by atoms with Gasteiger partial charge in [-0.2, -0.15) is 0 Å². The molecule has 2 heterocycles. The molecule has 0 unspecified atom stereocenters. The Hall–Kier alpha value is -4.18. The molecule has 0 bridgehead atoms. The fraction of sp³-hybridized carbons (Fsp3) is 0.0303. The summed E-state index contributed by atoms with van der Waals surface area (Å²) in [5.74, 6) is 0. The van der Waals surface area contributed by atoms with Crippen LogP contribution >= 0.6 is 11.3 Å². The van der Waals surface area contributed by atoms with Crippen molar-refractivity contribution in [2.24, 2.45) is 5.73 Å². The summed E-state index contributed by atoms with van der Waals surface area (Å²) in [6, 6.07) is 39.9. The maximum Gasteiger partial charge on any atom is 0.0619 e. The monoisotopic (exact) mass is 478 g/mol. The van der Waals surface area contributed by atoms with Crippen molar-refractivity contribution in [2.45, 2.75) is 6.54 Å². The van der Waals surface area contributed by atoms with Gasteiger partial charge < -0.3 is 10.3 Å². The van der Waals surface area contributed by atoms with E-state index in [1.54, 1.807) is 0 Å². The molecule has 0 saturated carbocycles. The SMILES string of the molecule is NCc1cccc(-n2c3ccccc3c3ccc4c(ccc5ccc6sc7ccccc7c6c54)c32)c1. The molecule has 0 spiro atoms. The predicted octanol–water partition coefficient (Wildman–Crippen LogP) is 8.92. The van der Waals surface area contributed by atoms with E-state index in [1.165, 1.54) is 63.5 Å². The highest BCUT2D eigenvalue weighted by Crippen LogP contribution is 2.44. The Balaban J connectivity index is 1.61.